The van der Waals surface area contributed by atoms with Crippen LogP contribution in [0.1, 0.15) is 0 Å². The van der Waals surface area contributed by atoms with Crippen molar-refractivity contribution in [3.8, 4) is 10.7 Å². The molecule has 0 saturated heterocycles. The Morgan fingerprint density at radius 3 is 2.86 bits per heavy atom. The molecule has 40 valence electrons. The molecule has 0 aromatic rings. The second kappa shape index (κ2) is 6.04. The topological polar surface area (TPSA) is 9.23 Å². The zero-order valence-corrected chi connectivity index (χ0v) is 6.24. The van der Waals surface area contributed by atoms with Crippen LogP contribution in [0.5, 0.6) is 0 Å². The van der Waals surface area contributed by atoms with Crippen molar-refractivity contribution in [1.82, 2.24) is 0 Å². The summed E-state index contributed by atoms with van der Waals surface area (Å²) in [5.74, 6) is 4.92. The molecule has 2 heteroatoms. The Balaban J connectivity index is 2.91. The normalized spacial score (nSPS) is 7.14. The SMILES string of the molecule is COCC#C[Se]C. The van der Waals surface area contributed by atoms with Crippen LogP contribution < -0.4 is 0 Å². The average molecular weight is 163 g/mol. The summed E-state index contributed by atoms with van der Waals surface area (Å²) in [5, 5.41) is 0. The van der Waals surface area contributed by atoms with Gasteiger partial charge in [0.1, 0.15) is 0 Å². The van der Waals surface area contributed by atoms with Crippen LogP contribution in [0.2, 0.25) is 5.82 Å². The summed E-state index contributed by atoms with van der Waals surface area (Å²) in [5.41, 5.74) is 0. The van der Waals surface area contributed by atoms with Crippen molar-refractivity contribution in [3.63, 3.8) is 0 Å². The molecule has 0 saturated carbocycles. The van der Waals surface area contributed by atoms with Crippen molar-refractivity contribution in [2.75, 3.05) is 13.7 Å². The van der Waals surface area contributed by atoms with Crippen LogP contribution in [0.15, 0.2) is 0 Å². The Kier molecular flexibility index (Phi) is 6.07. The maximum absolute atomic E-state index is 4.68. The van der Waals surface area contributed by atoms with E-state index in [1.807, 2.05) is 0 Å². The van der Waals surface area contributed by atoms with Crippen LogP contribution in [0.25, 0.3) is 0 Å². The zero-order valence-electron chi connectivity index (χ0n) is 4.52. The first kappa shape index (κ1) is 7.04. The van der Waals surface area contributed by atoms with E-state index >= 15 is 0 Å². The van der Waals surface area contributed by atoms with Crippen molar-refractivity contribution < 1.29 is 4.74 Å². The fourth-order valence-corrected chi connectivity index (χ4v) is 0.600. The molecule has 0 aliphatic rings. The molecule has 0 N–H and O–H groups in total. The first-order valence-corrected chi connectivity index (χ1v) is 4.48. The average Bonchev–Trinajstić information content (AvgIpc) is 1.69. The van der Waals surface area contributed by atoms with Gasteiger partial charge in [0.05, 0.1) is 0 Å². The van der Waals surface area contributed by atoms with Gasteiger partial charge in [-0.25, -0.2) is 0 Å². The Hall–Kier alpha value is 0.0395. The van der Waals surface area contributed by atoms with E-state index in [2.05, 4.69) is 21.3 Å². The van der Waals surface area contributed by atoms with Crippen molar-refractivity contribution in [3.05, 3.63) is 0 Å². The quantitative estimate of drug-likeness (QED) is 0.400. The molecule has 0 fully saturated rings. The van der Waals surface area contributed by atoms with Crippen LogP contribution in [-0.2, 0) is 4.74 Å². The summed E-state index contributed by atoms with van der Waals surface area (Å²) in [6, 6.07) is 0. The summed E-state index contributed by atoms with van der Waals surface area (Å²) in [6.45, 7) is 0.579. The third kappa shape index (κ3) is 6.04. The van der Waals surface area contributed by atoms with Gasteiger partial charge in [0.2, 0.25) is 0 Å². The van der Waals surface area contributed by atoms with Gasteiger partial charge in [0, 0.05) is 0 Å². The Morgan fingerprint density at radius 2 is 2.43 bits per heavy atom. The minimum absolute atomic E-state index is 0.485. The fourth-order valence-electron chi connectivity index (χ4n) is 0.174. The van der Waals surface area contributed by atoms with E-state index in [0.29, 0.717) is 21.6 Å². The standard InChI is InChI=1S/C5H8OSe/c1-6-4-3-5-7-2/h4H2,1-2H3. The second-order valence-electron chi connectivity index (χ2n) is 0.916. The predicted molar refractivity (Wildman–Crippen MR) is 31.3 cm³/mol. The molecule has 0 rings (SSSR count). The van der Waals surface area contributed by atoms with Gasteiger partial charge in [-0.1, -0.05) is 0 Å². The molecule has 0 atom stereocenters. The summed E-state index contributed by atoms with van der Waals surface area (Å²) >= 11 is 0.485. The number of ether oxygens (including phenoxy) is 1. The molecule has 0 aliphatic carbocycles. The molecule has 7 heavy (non-hydrogen) atoms. The molecule has 0 bridgehead atoms. The molecule has 0 unspecified atom stereocenters. The third-order valence-corrected chi connectivity index (χ3v) is 1.12. The Morgan fingerprint density at radius 1 is 1.71 bits per heavy atom. The van der Waals surface area contributed by atoms with Crippen LogP contribution in [0, 0.1) is 10.7 Å². The van der Waals surface area contributed by atoms with Gasteiger partial charge in [-0.2, -0.15) is 0 Å². The molecule has 0 amide bonds. The summed E-state index contributed by atoms with van der Waals surface area (Å²) in [6.07, 6.45) is 0. The van der Waals surface area contributed by atoms with Gasteiger partial charge in [-0.3, -0.25) is 0 Å². The van der Waals surface area contributed by atoms with E-state index in [0.717, 1.165) is 0 Å². The van der Waals surface area contributed by atoms with Crippen molar-refractivity contribution in [2.45, 2.75) is 5.82 Å². The van der Waals surface area contributed by atoms with Crippen LogP contribution in [-0.4, -0.2) is 28.7 Å². The molecule has 0 heterocycles. The van der Waals surface area contributed by atoms with Crippen molar-refractivity contribution in [1.29, 1.82) is 0 Å². The van der Waals surface area contributed by atoms with Crippen LogP contribution in [0.4, 0.5) is 0 Å². The monoisotopic (exact) mass is 164 g/mol. The predicted octanol–water partition coefficient (Wildman–Crippen LogP) is 0.346. The molecule has 0 aromatic heterocycles. The molecule has 0 spiro atoms. The molecule has 0 radical (unpaired) electrons. The summed E-state index contributed by atoms with van der Waals surface area (Å²) in [7, 11) is 1.65. The van der Waals surface area contributed by atoms with E-state index in [9.17, 15) is 0 Å². The van der Waals surface area contributed by atoms with Gasteiger partial charge in [-0.05, 0) is 0 Å². The van der Waals surface area contributed by atoms with E-state index in [4.69, 9.17) is 0 Å². The molecule has 0 aliphatic heterocycles. The number of hydrogen-bond donors (Lipinski definition) is 0. The Labute approximate surface area is 50.6 Å². The van der Waals surface area contributed by atoms with Gasteiger partial charge in [-0.15, -0.1) is 0 Å². The van der Waals surface area contributed by atoms with Gasteiger partial charge < -0.3 is 0 Å². The van der Waals surface area contributed by atoms with Crippen molar-refractivity contribution >= 4 is 15.0 Å². The van der Waals surface area contributed by atoms with Gasteiger partial charge in [0.25, 0.3) is 0 Å². The van der Waals surface area contributed by atoms with Gasteiger partial charge >= 0.3 is 50.0 Å². The zero-order chi connectivity index (χ0) is 5.54. The summed E-state index contributed by atoms with van der Waals surface area (Å²) < 4.78 is 4.68. The van der Waals surface area contributed by atoms with Crippen LogP contribution in [0.3, 0.4) is 0 Å². The van der Waals surface area contributed by atoms with E-state index in [1.165, 1.54) is 0 Å². The molecule has 1 nitrogen and oxygen atoms in total. The molecular weight excluding hydrogens is 155 g/mol. The van der Waals surface area contributed by atoms with E-state index in [1.54, 1.807) is 7.11 Å². The molecule has 0 aromatic carbocycles. The number of hydrogen-bond acceptors (Lipinski definition) is 1. The first-order valence-electron chi connectivity index (χ1n) is 1.91. The second-order valence-corrected chi connectivity index (χ2v) is 2.20. The van der Waals surface area contributed by atoms with Crippen LogP contribution >= 0.6 is 0 Å². The number of rotatable bonds is 1. The third-order valence-electron chi connectivity index (χ3n) is 0.391. The summed E-state index contributed by atoms with van der Waals surface area (Å²) in [4.78, 5) is 2.94. The van der Waals surface area contributed by atoms with E-state index in [-0.39, 0.29) is 0 Å². The molecular formula is C5H8OSe. The van der Waals surface area contributed by atoms with Crippen molar-refractivity contribution in [2.24, 2.45) is 0 Å². The Bertz CT molecular complexity index is 79.8. The minimum atomic E-state index is 0.485. The van der Waals surface area contributed by atoms with Gasteiger partial charge in [0.15, 0.2) is 0 Å². The maximum atomic E-state index is 4.68. The fraction of sp³-hybridized carbons (Fsp3) is 0.600. The van der Waals surface area contributed by atoms with E-state index < -0.39 is 0 Å². The number of methoxy groups -OCH3 is 1. The first-order chi connectivity index (χ1) is 3.41.